The SMILES string of the molecule is c1ccc(-c2ccc(-c3ccc(N(c4ccc(-c5cccc6ccccc56)cc4)c4cccc5c4oc4cc6cnccc6cc45)cc3)cc2)cc1. The molecule has 10 rings (SSSR count). The lowest BCUT2D eigenvalue weighted by molar-refractivity contribution is 0.669. The molecule has 2 heterocycles. The van der Waals surface area contributed by atoms with Crippen LogP contribution in [0, 0.1) is 0 Å². The second-order valence-corrected chi connectivity index (χ2v) is 13.2. The molecule has 0 atom stereocenters. The Morgan fingerprint density at radius 2 is 1.00 bits per heavy atom. The molecule has 0 N–H and O–H groups in total. The normalized spacial score (nSPS) is 11.5. The van der Waals surface area contributed by atoms with Crippen LogP contribution in [0.15, 0.2) is 199 Å². The molecule has 52 heavy (non-hydrogen) atoms. The minimum Gasteiger partial charge on any atom is -0.454 e. The Bertz CT molecular complexity index is 2870. The average molecular weight is 665 g/mol. The Morgan fingerprint density at radius 1 is 0.404 bits per heavy atom. The lowest BCUT2D eigenvalue weighted by Gasteiger charge is -2.26. The van der Waals surface area contributed by atoms with E-state index in [1.54, 1.807) is 0 Å². The van der Waals surface area contributed by atoms with Gasteiger partial charge in [0.1, 0.15) is 5.58 Å². The molecule has 244 valence electrons. The highest BCUT2D eigenvalue weighted by Gasteiger charge is 2.20. The molecule has 0 radical (unpaired) electrons. The van der Waals surface area contributed by atoms with E-state index in [-0.39, 0.29) is 0 Å². The zero-order valence-corrected chi connectivity index (χ0v) is 28.3. The summed E-state index contributed by atoms with van der Waals surface area (Å²) in [6.07, 6.45) is 3.73. The molecule has 3 nitrogen and oxygen atoms in total. The summed E-state index contributed by atoms with van der Waals surface area (Å²) in [5.74, 6) is 0. The number of pyridine rings is 1. The number of aromatic nitrogens is 1. The van der Waals surface area contributed by atoms with Crippen molar-refractivity contribution in [3.05, 3.63) is 194 Å². The van der Waals surface area contributed by atoms with E-state index in [1.807, 2.05) is 12.4 Å². The number of nitrogens with zero attached hydrogens (tertiary/aromatic N) is 2. The summed E-state index contributed by atoms with van der Waals surface area (Å²) in [6, 6.07) is 64.9. The van der Waals surface area contributed by atoms with Gasteiger partial charge in [-0.25, -0.2) is 0 Å². The molecule has 0 unspecified atom stereocenters. The predicted molar refractivity (Wildman–Crippen MR) is 218 cm³/mol. The first-order valence-electron chi connectivity index (χ1n) is 17.6. The highest BCUT2D eigenvalue weighted by molar-refractivity contribution is 6.13. The third kappa shape index (κ3) is 5.19. The maximum atomic E-state index is 6.73. The molecule has 3 heteroatoms. The van der Waals surface area contributed by atoms with Gasteiger partial charge in [0.15, 0.2) is 5.58 Å². The van der Waals surface area contributed by atoms with Gasteiger partial charge >= 0.3 is 0 Å². The summed E-state index contributed by atoms with van der Waals surface area (Å²) in [4.78, 5) is 6.65. The second-order valence-electron chi connectivity index (χ2n) is 13.2. The van der Waals surface area contributed by atoms with E-state index in [0.29, 0.717) is 0 Å². The monoisotopic (exact) mass is 664 g/mol. The van der Waals surface area contributed by atoms with E-state index >= 15 is 0 Å². The number of hydrogen-bond acceptors (Lipinski definition) is 3. The number of fused-ring (bicyclic) bond motifs is 5. The standard InChI is InChI=1S/C49H32N2O/c1-2-8-33(9-3-1)34-16-18-35(19-17-34)36-20-24-41(25-21-36)51(42-26-22-38(23-27-42)44-13-6-11-37-10-4-5-12-43(37)44)47-15-7-14-45-46-30-39-28-29-50-32-40(39)31-48(46)52-49(45)47/h1-32H. The molecule has 0 bridgehead atoms. The number of benzene rings is 8. The minimum atomic E-state index is 0.847. The van der Waals surface area contributed by atoms with Gasteiger partial charge in [-0.3, -0.25) is 4.98 Å². The third-order valence-corrected chi connectivity index (χ3v) is 10.2. The molecule has 0 amide bonds. The first-order chi connectivity index (χ1) is 25.8. The number of rotatable bonds is 6. The fraction of sp³-hybridized carbons (Fsp3) is 0. The van der Waals surface area contributed by atoms with E-state index in [2.05, 4.69) is 192 Å². The molecular weight excluding hydrogens is 633 g/mol. The quantitative estimate of drug-likeness (QED) is 0.177. The van der Waals surface area contributed by atoms with Crippen LogP contribution in [0.2, 0.25) is 0 Å². The van der Waals surface area contributed by atoms with Crippen LogP contribution in [-0.4, -0.2) is 4.98 Å². The van der Waals surface area contributed by atoms with Crippen molar-refractivity contribution in [1.29, 1.82) is 0 Å². The van der Waals surface area contributed by atoms with Crippen LogP contribution in [-0.2, 0) is 0 Å². The van der Waals surface area contributed by atoms with E-state index in [0.717, 1.165) is 55.3 Å². The van der Waals surface area contributed by atoms with Gasteiger partial charge in [0.05, 0.1) is 5.69 Å². The van der Waals surface area contributed by atoms with Crippen LogP contribution in [0.4, 0.5) is 17.1 Å². The van der Waals surface area contributed by atoms with Crippen molar-refractivity contribution in [3.63, 3.8) is 0 Å². The smallest absolute Gasteiger partial charge is 0.159 e. The van der Waals surface area contributed by atoms with Gasteiger partial charge in [-0.1, -0.05) is 133 Å². The van der Waals surface area contributed by atoms with Gasteiger partial charge in [0, 0.05) is 39.9 Å². The molecule has 8 aromatic carbocycles. The van der Waals surface area contributed by atoms with Crippen molar-refractivity contribution in [2.45, 2.75) is 0 Å². The maximum absolute atomic E-state index is 6.73. The van der Waals surface area contributed by atoms with E-state index in [4.69, 9.17) is 4.42 Å². The Hall–Kier alpha value is -6.97. The van der Waals surface area contributed by atoms with E-state index in [1.165, 1.54) is 38.6 Å². The largest absolute Gasteiger partial charge is 0.454 e. The summed E-state index contributed by atoms with van der Waals surface area (Å²) in [5, 5.41) is 6.86. The summed E-state index contributed by atoms with van der Waals surface area (Å²) < 4.78 is 6.73. The number of hydrogen-bond donors (Lipinski definition) is 0. The zero-order valence-electron chi connectivity index (χ0n) is 28.3. The molecule has 0 saturated carbocycles. The number of furan rings is 1. The van der Waals surface area contributed by atoms with Crippen molar-refractivity contribution >= 4 is 60.5 Å². The van der Waals surface area contributed by atoms with Crippen molar-refractivity contribution in [2.75, 3.05) is 4.90 Å². The van der Waals surface area contributed by atoms with Crippen LogP contribution in [0.3, 0.4) is 0 Å². The van der Waals surface area contributed by atoms with Crippen molar-refractivity contribution < 1.29 is 4.42 Å². The highest BCUT2D eigenvalue weighted by Crippen LogP contribution is 2.44. The second kappa shape index (κ2) is 12.4. The first kappa shape index (κ1) is 29.9. The fourth-order valence-corrected chi connectivity index (χ4v) is 7.52. The summed E-state index contributed by atoms with van der Waals surface area (Å²) in [7, 11) is 0. The number of para-hydroxylation sites is 1. The van der Waals surface area contributed by atoms with Crippen LogP contribution in [0.25, 0.3) is 76.9 Å². The van der Waals surface area contributed by atoms with Gasteiger partial charge in [-0.05, 0) is 98.1 Å². The van der Waals surface area contributed by atoms with E-state index in [9.17, 15) is 0 Å². The molecule has 10 aromatic rings. The molecule has 0 spiro atoms. The number of anilines is 3. The van der Waals surface area contributed by atoms with Crippen LogP contribution in [0.1, 0.15) is 0 Å². The van der Waals surface area contributed by atoms with Gasteiger partial charge in [0.2, 0.25) is 0 Å². The summed E-state index contributed by atoms with van der Waals surface area (Å²) >= 11 is 0. The van der Waals surface area contributed by atoms with E-state index < -0.39 is 0 Å². The topological polar surface area (TPSA) is 29.3 Å². The molecule has 0 aliphatic heterocycles. The van der Waals surface area contributed by atoms with Gasteiger partial charge in [-0.2, -0.15) is 0 Å². The van der Waals surface area contributed by atoms with Gasteiger partial charge in [0.25, 0.3) is 0 Å². The molecule has 0 saturated heterocycles. The Balaban J connectivity index is 1.09. The zero-order chi connectivity index (χ0) is 34.4. The molecule has 2 aromatic heterocycles. The van der Waals surface area contributed by atoms with Gasteiger partial charge < -0.3 is 9.32 Å². The average Bonchev–Trinajstić information content (AvgIpc) is 3.59. The fourth-order valence-electron chi connectivity index (χ4n) is 7.52. The van der Waals surface area contributed by atoms with Crippen LogP contribution >= 0.6 is 0 Å². The molecule has 0 aliphatic rings. The van der Waals surface area contributed by atoms with Gasteiger partial charge in [-0.15, -0.1) is 0 Å². The molecular formula is C49H32N2O. The van der Waals surface area contributed by atoms with Crippen LogP contribution < -0.4 is 4.90 Å². The minimum absolute atomic E-state index is 0.847. The summed E-state index contributed by atoms with van der Waals surface area (Å²) in [5.41, 5.74) is 11.9. The lowest BCUT2D eigenvalue weighted by atomic mass is 9.98. The van der Waals surface area contributed by atoms with Crippen molar-refractivity contribution in [3.8, 4) is 33.4 Å². The highest BCUT2D eigenvalue weighted by atomic mass is 16.3. The lowest BCUT2D eigenvalue weighted by Crippen LogP contribution is -2.10. The van der Waals surface area contributed by atoms with Crippen molar-refractivity contribution in [2.24, 2.45) is 0 Å². The maximum Gasteiger partial charge on any atom is 0.159 e. The third-order valence-electron chi connectivity index (χ3n) is 10.2. The predicted octanol–water partition coefficient (Wildman–Crippen LogP) is 13.8. The van der Waals surface area contributed by atoms with Crippen LogP contribution in [0.5, 0.6) is 0 Å². The Morgan fingerprint density at radius 3 is 1.75 bits per heavy atom. The first-order valence-corrected chi connectivity index (χ1v) is 17.6. The summed E-state index contributed by atoms with van der Waals surface area (Å²) in [6.45, 7) is 0. The Labute approximate surface area is 301 Å². The van der Waals surface area contributed by atoms with Crippen molar-refractivity contribution in [1.82, 2.24) is 4.98 Å². The Kier molecular flexibility index (Phi) is 7.14. The molecule has 0 fully saturated rings. The molecule has 0 aliphatic carbocycles.